The van der Waals surface area contributed by atoms with E-state index < -0.39 is 0 Å². The highest BCUT2D eigenvalue weighted by Gasteiger charge is 2.09. The molecule has 0 radical (unpaired) electrons. The van der Waals surface area contributed by atoms with E-state index in [2.05, 4.69) is 15.9 Å². The SMILES string of the molecule is COc1ccc(C(=O)Cc2cccc(Br)c2)cc1C. The van der Waals surface area contributed by atoms with Crippen molar-refractivity contribution in [1.29, 1.82) is 0 Å². The number of hydrogen-bond donors (Lipinski definition) is 0. The van der Waals surface area contributed by atoms with E-state index in [9.17, 15) is 4.79 Å². The van der Waals surface area contributed by atoms with Gasteiger partial charge in [-0.05, 0) is 48.4 Å². The maximum Gasteiger partial charge on any atom is 0.167 e. The summed E-state index contributed by atoms with van der Waals surface area (Å²) in [4.78, 5) is 12.2. The second-order valence-electron chi connectivity index (χ2n) is 4.41. The van der Waals surface area contributed by atoms with Gasteiger partial charge in [0, 0.05) is 16.5 Å². The van der Waals surface area contributed by atoms with Crippen LogP contribution in [0, 0.1) is 6.92 Å². The lowest BCUT2D eigenvalue weighted by Crippen LogP contribution is -2.04. The van der Waals surface area contributed by atoms with Gasteiger partial charge in [-0.2, -0.15) is 0 Å². The number of carbonyl (C=O) groups is 1. The van der Waals surface area contributed by atoms with Crippen LogP contribution in [-0.2, 0) is 6.42 Å². The molecule has 0 aromatic heterocycles. The van der Waals surface area contributed by atoms with Crippen LogP contribution in [0.3, 0.4) is 0 Å². The normalized spacial score (nSPS) is 10.3. The van der Waals surface area contributed by atoms with Crippen molar-refractivity contribution in [1.82, 2.24) is 0 Å². The third-order valence-corrected chi connectivity index (χ3v) is 3.46. The Balaban J connectivity index is 2.18. The van der Waals surface area contributed by atoms with Gasteiger partial charge in [0.2, 0.25) is 0 Å². The molecule has 2 aromatic carbocycles. The lowest BCUT2D eigenvalue weighted by molar-refractivity contribution is 0.0993. The zero-order valence-corrected chi connectivity index (χ0v) is 12.5. The summed E-state index contributed by atoms with van der Waals surface area (Å²) in [5.74, 6) is 0.919. The second kappa shape index (κ2) is 6.02. The number of ketones is 1. The first-order valence-electron chi connectivity index (χ1n) is 6.02. The molecule has 0 fully saturated rings. The first-order valence-corrected chi connectivity index (χ1v) is 6.81. The highest BCUT2D eigenvalue weighted by Crippen LogP contribution is 2.20. The molecule has 0 saturated heterocycles. The number of methoxy groups -OCH3 is 1. The number of aryl methyl sites for hydroxylation is 1. The molecule has 19 heavy (non-hydrogen) atoms. The van der Waals surface area contributed by atoms with Crippen molar-refractivity contribution in [2.75, 3.05) is 7.11 Å². The van der Waals surface area contributed by atoms with Crippen molar-refractivity contribution in [2.24, 2.45) is 0 Å². The largest absolute Gasteiger partial charge is 0.496 e. The Labute approximate surface area is 121 Å². The Hall–Kier alpha value is -1.61. The lowest BCUT2D eigenvalue weighted by atomic mass is 10.0. The molecule has 0 aliphatic carbocycles. The highest BCUT2D eigenvalue weighted by molar-refractivity contribution is 9.10. The maximum atomic E-state index is 12.2. The summed E-state index contributed by atoms with van der Waals surface area (Å²) >= 11 is 3.41. The monoisotopic (exact) mass is 318 g/mol. The van der Waals surface area contributed by atoms with E-state index in [1.165, 1.54) is 0 Å². The van der Waals surface area contributed by atoms with E-state index in [1.807, 2.05) is 49.4 Å². The standard InChI is InChI=1S/C16H15BrO2/c1-11-8-13(6-7-16(11)19-2)15(18)10-12-4-3-5-14(17)9-12/h3-9H,10H2,1-2H3. The summed E-state index contributed by atoms with van der Waals surface area (Å²) in [6, 6.07) is 13.3. The third kappa shape index (κ3) is 3.44. The fraction of sp³-hybridized carbons (Fsp3) is 0.188. The molecule has 0 atom stereocenters. The van der Waals surface area contributed by atoms with Gasteiger partial charge in [0.15, 0.2) is 5.78 Å². The number of rotatable bonds is 4. The molecular weight excluding hydrogens is 304 g/mol. The first-order chi connectivity index (χ1) is 9.10. The first kappa shape index (κ1) is 13.8. The van der Waals surface area contributed by atoms with E-state index in [4.69, 9.17) is 4.74 Å². The molecule has 0 aliphatic heterocycles. The smallest absolute Gasteiger partial charge is 0.167 e. The van der Waals surface area contributed by atoms with Crippen LogP contribution in [0.5, 0.6) is 5.75 Å². The molecule has 0 bridgehead atoms. The molecule has 0 aliphatic rings. The van der Waals surface area contributed by atoms with Crippen LogP contribution in [-0.4, -0.2) is 12.9 Å². The van der Waals surface area contributed by atoms with E-state index in [-0.39, 0.29) is 5.78 Å². The Bertz CT molecular complexity index is 605. The van der Waals surface area contributed by atoms with Crippen LogP contribution in [0.2, 0.25) is 0 Å². The molecule has 3 heteroatoms. The summed E-state index contributed by atoms with van der Waals surface area (Å²) in [6.45, 7) is 1.94. The fourth-order valence-electron chi connectivity index (χ4n) is 1.99. The number of benzene rings is 2. The molecule has 0 heterocycles. The Morgan fingerprint density at radius 3 is 2.63 bits per heavy atom. The average molecular weight is 319 g/mol. The van der Waals surface area contributed by atoms with Gasteiger partial charge in [0.25, 0.3) is 0 Å². The van der Waals surface area contributed by atoms with Gasteiger partial charge in [0.05, 0.1) is 7.11 Å². The minimum Gasteiger partial charge on any atom is -0.496 e. The number of Topliss-reactive ketones (excluding diaryl/α,β-unsaturated/α-hetero) is 1. The van der Waals surface area contributed by atoms with Crippen LogP contribution in [0.15, 0.2) is 46.9 Å². The zero-order chi connectivity index (χ0) is 13.8. The van der Waals surface area contributed by atoms with E-state index >= 15 is 0 Å². The van der Waals surface area contributed by atoms with E-state index in [0.29, 0.717) is 6.42 Å². The summed E-state index contributed by atoms with van der Waals surface area (Å²) in [7, 11) is 1.63. The highest BCUT2D eigenvalue weighted by atomic mass is 79.9. The topological polar surface area (TPSA) is 26.3 Å². The molecule has 2 rings (SSSR count). The van der Waals surface area contributed by atoms with Gasteiger partial charge in [-0.3, -0.25) is 4.79 Å². The van der Waals surface area contributed by atoms with Gasteiger partial charge < -0.3 is 4.74 Å². The number of carbonyl (C=O) groups excluding carboxylic acids is 1. The molecule has 98 valence electrons. The number of halogens is 1. The van der Waals surface area contributed by atoms with Gasteiger partial charge in [-0.15, -0.1) is 0 Å². The Morgan fingerprint density at radius 1 is 1.21 bits per heavy atom. The molecule has 0 unspecified atom stereocenters. The van der Waals surface area contributed by atoms with Crippen LogP contribution in [0.25, 0.3) is 0 Å². The van der Waals surface area contributed by atoms with Crippen molar-refractivity contribution in [2.45, 2.75) is 13.3 Å². The lowest BCUT2D eigenvalue weighted by Gasteiger charge is -2.07. The van der Waals surface area contributed by atoms with E-state index in [1.54, 1.807) is 7.11 Å². The molecule has 0 saturated carbocycles. The molecule has 0 spiro atoms. The maximum absolute atomic E-state index is 12.2. The summed E-state index contributed by atoms with van der Waals surface area (Å²) in [6.07, 6.45) is 0.408. The number of ether oxygens (including phenoxy) is 1. The molecular formula is C16H15BrO2. The molecule has 2 aromatic rings. The second-order valence-corrected chi connectivity index (χ2v) is 5.33. The van der Waals surface area contributed by atoms with Gasteiger partial charge in [-0.1, -0.05) is 28.1 Å². The van der Waals surface area contributed by atoms with Crippen LogP contribution in [0.1, 0.15) is 21.5 Å². The van der Waals surface area contributed by atoms with Crippen molar-refractivity contribution in [3.8, 4) is 5.75 Å². The average Bonchev–Trinajstić information content (AvgIpc) is 2.38. The Kier molecular flexibility index (Phi) is 4.38. The van der Waals surface area contributed by atoms with Crippen LogP contribution >= 0.6 is 15.9 Å². The summed E-state index contributed by atoms with van der Waals surface area (Å²) in [5.41, 5.74) is 2.70. The predicted molar refractivity (Wildman–Crippen MR) is 79.9 cm³/mol. The van der Waals surface area contributed by atoms with Gasteiger partial charge in [-0.25, -0.2) is 0 Å². The van der Waals surface area contributed by atoms with E-state index in [0.717, 1.165) is 26.9 Å². The van der Waals surface area contributed by atoms with Crippen molar-refractivity contribution in [3.63, 3.8) is 0 Å². The predicted octanol–water partition coefficient (Wildman–Crippen LogP) is 4.19. The molecule has 0 N–H and O–H groups in total. The zero-order valence-electron chi connectivity index (χ0n) is 10.9. The minimum absolute atomic E-state index is 0.115. The van der Waals surface area contributed by atoms with Crippen molar-refractivity contribution >= 4 is 21.7 Å². The van der Waals surface area contributed by atoms with Crippen molar-refractivity contribution < 1.29 is 9.53 Å². The summed E-state index contributed by atoms with van der Waals surface area (Å²) < 4.78 is 6.19. The quantitative estimate of drug-likeness (QED) is 0.790. The van der Waals surface area contributed by atoms with Crippen LogP contribution in [0.4, 0.5) is 0 Å². The number of hydrogen-bond acceptors (Lipinski definition) is 2. The van der Waals surface area contributed by atoms with Gasteiger partial charge in [0.1, 0.15) is 5.75 Å². The minimum atomic E-state index is 0.115. The summed E-state index contributed by atoms with van der Waals surface area (Å²) in [5, 5.41) is 0. The van der Waals surface area contributed by atoms with Crippen LogP contribution < -0.4 is 4.74 Å². The van der Waals surface area contributed by atoms with Gasteiger partial charge >= 0.3 is 0 Å². The fourth-order valence-corrected chi connectivity index (χ4v) is 2.43. The molecule has 2 nitrogen and oxygen atoms in total. The van der Waals surface area contributed by atoms with Crippen molar-refractivity contribution in [3.05, 3.63) is 63.6 Å². The Morgan fingerprint density at radius 2 is 2.00 bits per heavy atom. The molecule has 0 amide bonds. The third-order valence-electron chi connectivity index (χ3n) is 2.97.